The SMILES string of the molecule is O=C1NC(=S)N/C1=C\c1sccc1Br. The summed E-state index contributed by atoms with van der Waals surface area (Å²) in [6.07, 6.45) is 1.77. The molecule has 0 unspecified atom stereocenters. The lowest BCUT2D eigenvalue weighted by Gasteiger charge is -1.93. The number of hydrogen-bond acceptors (Lipinski definition) is 3. The van der Waals surface area contributed by atoms with E-state index in [1.807, 2.05) is 11.4 Å². The highest BCUT2D eigenvalue weighted by Gasteiger charge is 2.20. The topological polar surface area (TPSA) is 41.1 Å². The van der Waals surface area contributed by atoms with Crippen LogP contribution in [0.3, 0.4) is 0 Å². The first-order chi connectivity index (χ1) is 6.66. The van der Waals surface area contributed by atoms with Gasteiger partial charge in [-0.3, -0.25) is 10.1 Å². The van der Waals surface area contributed by atoms with E-state index >= 15 is 0 Å². The zero-order chi connectivity index (χ0) is 10.1. The van der Waals surface area contributed by atoms with Crippen LogP contribution in [0, 0.1) is 0 Å². The van der Waals surface area contributed by atoms with Crippen LogP contribution >= 0.6 is 39.5 Å². The molecule has 0 radical (unpaired) electrons. The lowest BCUT2D eigenvalue weighted by Crippen LogP contribution is -2.21. The van der Waals surface area contributed by atoms with Gasteiger partial charge in [0.15, 0.2) is 5.11 Å². The van der Waals surface area contributed by atoms with Crippen LogP contribution < -0.4 is 10.6 Å². The van der Waals surface area contributed by atoms with Crippen molar-refractivity contribution in [3.63, 3.8) is 0 Å². The van der Waals surface area contributed by atoms with E-state index in [0.29, 0.717) is 10.8 Å². The van der Waals surface area contributed by atoms with Gasteiger partial charge in [-0.2, -0.15) is 0 Å². The van der Waals surface area contributed by atoms with Gasteiger partial charge in [0.1, 0.15) is 5.70 Å². The lowest BCUT2D eigenvalue weighted by molar-refractivity contribution is -0.115. The summed E-state index contributed by atoms with van der Waals surface area (Å²) in [5.41, 5.74) is 0.484. The molecule has 2 N–H and O–H groups in total. The van der Waals surface area contributed by atoms with E-state index < -0.39 is 0 Å². The van der Waals surface area contributed by atoms with Crippen molar-refractivity contribution in [1.82, 2.24) is 10.6 Å². The van der Waals surface area contributed by atoms with Crippen molar-refractivity contribution in [2.45, 2.75) is 0 Å². The number of nitrogens with one attached hydrogen (secondary N) is 2. The number of rotatable bonds is 1. The van der Waals surface area contributed by atoms with Crippen LogP contribution in [0.2, 0.25) is 0 Å². The third-order valence-electron chi connectivity index (χ3n) is 1.64. The van der Waals surface area contributed by atoms with Gasteiger partial charge in [0.05, 0.1) is 0 Å². The van der Waals surface area contributed by atoms with Crippen LogP contribution in [0.5, 0.6) is 0 Å². The van der Waals surface area contributed by atoms with Crippen LogP contribution in [0.25, 0.3) is 6.08 Å². The molecule has 0 bridgehead atoms. The smallest absolute Gasteiger partial charge is 0.273 e. The molecular formula is C8H5BrN2OS2. The van der Waals surface area contributed by atoms with Crippen LogP contribution in [-0.4, -0.2) is 11.0 Å². The molecule has 1 fully saturated rings. The molecule has 1 aliphatic heterocycles. The Balaban J connectivity index is 2.32. The van der Waals surface area contributed by atoms with Crippen molar-refractivity contribution in [2.24, 2.45) is 0 Å². The van der Waals surface area contributed by atoms with Gasteiger partial charge in [-0.05, 0) is 45.7 Å². The quantitative estimate of drug-likeness (QED) is 0.612. The van der Waals surface area contributed by atoms with E-state index in [9.17, 15) is 4.79 Å². The molecule has 0 spiro atoms. The molecule has 0 atom stereocenters. The van der Waals surface area contributed by atoms with Gasteiger partial charge in [0, 0.05) is 9.35 Å². The minimum absolute atomic E-state index is 0.185. The summed E-state index contributed by atoms with van der Waals surface area (Å²) in [5, 5.41) is 7.59. The van der Waals surface area contributed by atoms with Crippen molar-refractivity contribution < 1.29 is 4.79 Å². The van der Waals surface area contributed by atoms with Crippen molar-refractivity contribution in [3.05, 3.63) is 26.5 Å². The summed E-state index contributed by atoms with van der Waals surface area (Å²) in [4.78, 5) is 12.3. The molecular weight excluding hydrogens is 284 g/mol. The van der Waals surface area contributed by atoms with Crippen LogP contribution in [0.4, 0.5) is 0 Å². The van der Waals surface area contributed by atoms with E-state index in [1.54, 1.807) is 17.4 Å². The fraction of sp³-hybridized carbons (Fsp3) is 0. The van der Waals surface area contributed by atoms with Crippen LogP contribution in [-0.2, 0) is 4.79 Å². The molecule has 1 aromatic heterocycles. The first kappa shape index (κ1) is 9.82. The number of thiocarbonyl (C=S) groups is 1. The zero-order valence-corrected chi connectivity index (χ0v) is 10.1. The molecule has 2 rings (SSSR count). The highest BCUT2D eigenvalue weighted by Crippen LogP contribution is 2.25. The average molecular weight is 289 g/mol. The number of amides is 1. The maximum Gasteiger partial charge on any atom is 0.273 e. The first-order valence-corrected chi connectivity index (χ1v) is 5.82. The fourth-order valence-electron chi connectivity index (χ4n) is 1.02. The Morgan fingerprint density at radius 2 is 2.29 bits per heavy atom. The minimum atomic E-state index is -0.185. The Kier molecular flexibility index (Phi) is 2.66. The highest BCUT2D eigenvalue weighted by molar-refractivity contribution is 9.10. The molecule has 14 heavy (non-hydrogen) atoms. The molecule has 0 saturated carbocycles. The number of thiophene rings is 1. The Labute approximate surface area is 98.3 Å². The average Bonchev–Trinajstić information content (AvgIpc) is 2.62. The second-order valence-corrected chi connectivity index (χ2v) is 4.81. The monoisotopic (exact) mass is 288 g/mol. The molecule has 1 aromatic rings. The van der Waals surface area contributed by atoms with Crippen molar-refractivity contribution in [1.29, 1.82) is 0 Å². The van der Waals surface area contributed by atoms with Crippen molar-refractivity contribution >= 4 is 56.6 Å². The molecule has 1 saturated heterocycles. The predicted octanol–water partition coefficient (Wildman–Crippen LogP) is 1.86. The summed E-state index contributed by atoms with van der Waals surface area (Å²) in [6.45, 7) is 0. The summed E-state index contributed by atoms with van der Waals surface area (Å²) >= 11 is 9.74. The van der Waals surface area contributed by atoms with E-state index in [0.717, 1.165) is 9.35 Å². The number of carbonyl (C=O) groups is 1. The molecule has 0 aliphatic carbocycles. The van der Waals surface area contributed by atoms with Gasteiger partial charge >= 0.3 is 0 Å². The minimum Gasteiger partial charge on any atom is -0.328 e. The maximum absolute atomic E-state index is 11.3. The van der Waals surface area contributed by atoms with Crippen LogP contribution in [0.15, 0.2) is 21.6 Å². The third kappa shape index (κ3) is 1.87. The van der Waals surface area contributed by atoms with E-state index in [4.69, 9.17) is 12.2 Å². The van der Waals surface area contributed by atoms with Gasteiger partial charge in [0.25, 0.3) is 5.91 Å². The van der Waals surface area contributed by atoms with Crippen molar-refractivity contribution in [3.8, 4) is 0 Å². The van der Waals surface area contributed by atoms with Gasteiger partial charge in [0.2, 0.25) is 0 Å². The second-order valence-electron chi connectivity index (χ2n) is 2.60. The maximum atomic E-state index is 11.3. The number of hydrogen-bond donors (Lipinski definition) is 2. The normalized spacial score (nSPS) is 18.5. The van der Waals surface area contributed by atoms with Gasteiger partial charge in [-0.25, -0.2) is 0 Å². The summed E-state index contributed by atoms with van der Waals surface area (Å²) in [6, 6.07) is 1.93. The Morgan fingerprint density at radius 1 is 1.50 bits per heavy atom. The van der Waals surface area contributed by atoms with E-state index in [1.165, 1.54) is 0 Å². The summed E-state index contributed by atoms with van der Waals surface area (Å²) in [5.74, 6) is -0.185. The predicted molar refractivity (Wildman–Crippen MR) is 63.9 cm³/mol. The molecule has 72 valence electrons. The molecule has 3 nitrogen and oxygen atoms in total. The Morgan fingerprint density at radius 3 is 2.79 bits per heavy atom. The fourth-order valence-corrected chi connectivity index (χ4v) is 2.64. The Bertz CT molecular complexity index is 438. The lowest BCUT2D eigenvalue weighted by atomic mass is 10.3. The van der Waals surface area contributed by atoms with E-state index in [-0.39, 0.29) is 5.91 Å². The third-order valence-corrected chi connectivity index (χ3v) is 3.66. The second kappa shape index (κ2) is 3.80. The summed E-state index contributed by atoms with van der Waals surface area (Å²) < 4.78 is 0.974. The van der Waals surface area contributed by atoms with E-state index in [2.05, 4.69) is 26.6 Å². The molecule has 2 heterocycles. The van der Waals surface area contributed by atoms with Gasteiger partial charge in [-0.1, -0.05) is 0 Å². The highest BCUT2D eigenvalue weighted by atomic mass is 79.9. The molecule has 6 heteroatoms. The Hall–Kier alpha value is -0.720. The van der Waals surface area contributed by atoms with Crippen LogP contribution in [0.1, 0.15) is 4.88 Å². The standard InChI is InChI=1S/C8H5BrN2OS2/c9-4-1-2-14-6(4)3-5-7(12)11-8(13)10-5/h1-3H,(H2,10,11,12,13)/b5-3-. The molecule has 1 amide bonds. The first-order valence-electron chi connectivity index (χ1n) is 3.74. The summed E-state index contributed by atoms with van der Waals surface area (Å²) in [7, 11) is 0. The number of halogens is 1. The molecule has 1 aliphatic rings. The largest absolute Gasteiger partial charge is 0.328 e. The van der Waals surface area contributed by atoms with Gasteiger partial charge < -0.3 is 5.32 Å². The number of carbonyl (C=O) groups excluding carboxylic acids is 1. The molecule has 0 aromatic carbocycles. The van der Waals surface area contributed by atoms with Crippen molar-refractivity contribution in [2.75, 3.05) is 0 Å². The van der Waals surface area contributed by atoms with Gasteiger partial charge in [-0.15, -0.1) is 11.3 Å². The zero-order valence-electron chi connectivity index (χ0n) is 6.83.